The molecule has 0 aliphatic carbocycles. The molecule has 0 aromatic heterocycles. The van der Waals surface area contributed by atoms with Crippen LogP contribution in [-0.2, 0) is 16.0 Å². The van der Waals surface area contributed by atoms with Gasteiger partial charge in [0.05, 0.1) is 7.11 Å². The van der Waals surface area contributed by atoms with E-state index < -0.39 is 12.3 Å². The maximum absolute atomic E-state index is 12.5. The third-order valence-corrected chi connectivity index (χ3v) is 6.95. The Labute approximate surface area is 214 Å². The lowest BCUT2D eigenvalue weighted by molar-refractivity contribution is -0.205. The molecule has 1 saturated heterocycles. The van der Waals surface area contributed by atoms with Crippen LogP contribution in [0.4, 0.5) is 13.2 Å². The van der Waals surface area contributed by atoms with Crippen molar-refractivity contribution < 1.29 is 32.5 Å². The fraction of sp³-hybridized carbons (Fsp3) is 0.750. The second kappa shape index (κ2) is 16.1. The van der Waals surface area contributed by atoms with Gasteiger partial charge in [0, 0.05) is 13.0 Å². The summed E-state index contributed by atoms with van der Waals surface area (Å²) in [5.74, 6) is 0.372. The van der Waals surface area contributed by atoms with E-state index in [1.165, 1.54) is 58.5 Å². The summed E-state index contributed by atoms with van der Waals surface area (Å²) >= 11 is 0. The quantitative estimate of drug-likeness (QED) is 0.191. The SMILES string of the molecule is CCCCCCCCCCCCN1C[C@@H](Oc2ccc(CCC(O)C(F)(F)F)cc2)C[C@H]1C(=O)OC. The molecule has 1 N–H and O–H groups in total. The molecule has 1 aromatic rings. The summed E-state index contributed by atoms with van der Waals surface area (Å²) in [5, 5.41) is 9.17. The molecule has 1 aliphatic heterocycles. The average molecular weight is 516 g/mol. The van der Waals surface area contributed by atoms with Crippen molar-refractivity contribution in [3.63, 3.8) is 0 Å². The number of aryl methyl sites for hydroxylation is 1. The number of ether oxygens (including phenoxy) is 2. The molecule has 1 aliphatic rings. The van der Waals surface area contributed by atoms with Gasteiger partial charge < -0.3 is 14.6 Å². The number of hydrogen-bond donors (Lipinski definition) is 1. The summed E-state index contributed by atoms with van der Waals surface area (Å²) in [7, 11) is 1.41. The van der Waals surface area contributed by atoms with Crippen molar-refractivity contribution in [2.45, 2.75) is 115 Å². The standard InChI is InChI=1S/C28H44F3NO4/c1-3-4-5-6-7-8-9-10-11-12-19-32-21-24(20-25(32)27(34)35-2)36-23-16-13-22(14-17-23)15-18-26(33)28(29,30)31/h13-14,16-17,24-26,33H,3-12,15,18-21H2,1-2H3/t24-,25-,26?/m0/s1. The molecule has 0 bridgehead atoms. The van der Waals surface area contributed by atoms with Crippen LogP contribution in [0.2, 0.25) is 0 Å². The lowest BCUT2D eigenvalue weighted by Gasteiger charge is -2.21. The topological polar surface area (TPSA) is 59.0 Å². The van der Waals surface area contributed by atoms with E-state index in [1.807, 2.05) is 0 Å². The first kappa shape index (κ1) is 30.4. The number of benzene rings is 1. The van der Waals surface area contributed by atoms with E-state index in [0.717, 1.165) is 19.4 Å². The first-order valence-corrected chi connectivity index (χ1v) is 13.6. The Morgan fingerprint density at radius 3 is 2.17 bits per heavy atom. The zero-order valence-electron chi connectivity index (χ0n) is 21.9. The number of carbonyl (C=O) groups excluding carboxylic acids is 1. The number of hydrogen-bond acceptors (Lipinski definition) is 5. The summed E-state index contributed by atoms with van der Waals surface area (Å²) in [5.41, 5.74) is 0.701. The minimum Gasteiger partial charge on any atom is -0.489 e. The van der Waals surface area contributed by atoms with Crippen LogP contribution < -0.4 is 4.74 Å². The van der Waals surface area contributed by atoms with Gasteiger partial charge in [0.1, 0.15) is 24.0 Å². The van der Waals surface area contributed by atoms with Crippen LogP contribution in [0, 0.1) is 0 Å². The summed E-state index contributed by atoms with van der Waals surface area (Å²) in [6.45, 7) is 3.70. The maximum atomic E-state index is 12.5. The number of aliphatic hydroxyl groups is 1. The Hall–Kier alpha value is -1.80. The zero-order valence-corrected chi connectivity index (χ0v) is 21.9. The molecule has 1 aromatic carbocycles. The van der Waals surface area contributed by atoms with Gasteiger partial charge in [-0.15, -0.1) is 0 Å². The van der Waals surface area contributed by atoms with Crippen LogP contribution in [0.3, 0.4) is 0 Å². The molecule has 0 radical (unpaired) electrons. The molecule has 206 valence electrons. The van der Waals surface area contributed by atoms with Gasteiger partial charge in [-0.1, -0.05) is 76.8 Å². The van der Waals surface area contributed by atoms with Crippen LogP contribution in [0.25, 0.3) is 0 Å². The van der Waals surface area contributed by atoms with Gasteiger partial charge in [-0.2, -0.15) is 13.2 Å². The molecule has 3 atom stereocenters. The van der Waals surface area contributed by atoms with Gasteiger partial charge >= 0.3 is 12.1 Å². The largest absolute Gasteiger partial charge is 0.489 e. The molecular weight excluding hydrogens is 471 g/mol. The molecule has 2 rings (SSSR count). The Morgan fingerprint density at radius 2 is 1.61 bits per heavy atom. The first-order valence-electron chi connectivity index (χ1n) is 13.6. The van der Waals surface area contributed by atoms with E-state index in [4.69, 9.17) is 14.6 Å². The molecule has 1 heterocycles. The normalized spacial score (nSPS) is 19.4. The average Bonchev–Trinajstić information content (AvgIpc) is 3.25. The summed E-state index contributed by atoms with van der Waals surface area (Å²) in [6, 6.07) is 6.57. The lowest BCUT2D eigenvalue weighted by atomic mass is 10.1. The molecule has 5 nitrogen and oxygen atoms in total. The maximum Gasteiger partial charge on any atom is 0.414 e. The monoisotopic (exact) mass is 515 g/mol. The van der Waals surface area contributed by atoms with E-state index in [-0.39, 0.29) is 31.0 Å². The zero-order chi connectivity index (χ0) is 26.4. The highest BCUT2D eigenvalue weighted by Gasteiger charge is 2.39. The first-order chi connectivity index (χ1) is 17.2. The number of esters is 1. The third kappa shape index (κ3) is 11.1. The number of nitrogens with zero attached hydrogens (tertiary/aromatic N) is 1. The minimum atomic E-state index is -4.60. The number of rotatable bonds is 17. The number of likely N-dealkylation sites (tertiary alicyclic amines) is 1. The second-order valence-corrected chi connectivity index (χ2v) is 9.93. The molecule has 0 spiro atoms. The Bertz CT molecular complexity index is 741. The van der Waals surface area contributed by atoms with Crippen LogP contribution >= 0.6 is 0 Å². The molecule has 0 saturated carbocycles. The third-order valence-electron chi connectivity index (χ3n) is 6.95. The van der Waals surface area contributed by atoms with Crippen molar-refractivity contribution in [1.82, 2.24) is 4.90 Å². The molecular formula is C28H44F3NO4. The molecule has 1 unspecified atom stereocenters. The molecule has 0 amide bonds. The van der Waals surface area contributed by atoms with E-state index in [1.54, 1.807) is 24.3 Å². The van der Waals surface area contributed by atoms with Crippen molar-refractivity contribution >= 4 is 5.97 Å². The van der Waals surface area contributed by atoms with E-state index in [2.05, 4.69) is 11.8 Å². The predicted octanol–water partition coefficient (Wildman–Crippen LogP) is 6.46. The second-order valence-electron chi connectivity index (χ2n) is 9.93. The fourth-order valence-corrected chi connectivity index (χ4v) is 4.77. The van der Waals surface area contributed by atoms with Crippen molar-refractivity contribution in [1.29, 1.82) is 0 Å². The fourth-order valence-electron chi connectivity index (χ4n) is 4.77. The number of methoxy groups -OCH3 is 1. The highest BCUT2D eigenvalue weighted by Crippen LogP contribution is 2.26. The lowest BCUT2D eigenvalue weighted by Crippen LogP contribution is -2.37. The predicted molar refractivity (Wildman–Crippen MR) is 135 cm³/mol. The number of alkyl halides is 3. The van der Waals surface area contributed by atoms with E-state index in [9.17, 15) is 18.0 Å². The van der Waals surface area contributed by atoms with Gasteiger partial charge in [-0.05, 0) is 43.5 Å². The number of halogens is 3. The van der Waals surface area contributed by atoms with Crippen LogP contribution in [-0.4, -0.2) is 60.6 Å². The van der Waals surface area contributed by atoms with Gasteiger partial charge in [-0.3, -0.25) is 9.69 Å². The van der Waals surface area contributed by atoms with Gasteiger partial charge in [0.25, 0.3) is 0 Å². The molecule has 8 heteroatoms. The number of unbranched alkanes of at least 4 members (excludes halogenated alkanes) is 9. The number of aliphatic hydroxyl groups excluding tert-OH is 1. The van der Waals surface area contributed by atoms with Crippen molar-refractivity contribution in [3.8, 4) is 5.75 Å². The summed E-state index contributed by atoms with van der Waals surface area (Å²) in [4.78, 5) is 14.5. The smallest absolute Gasteiger partial charge is 0.414 e. The van der Waals surface area contributed by atoms with Crippen molar-refractivity contribution in [2.24, 2.45) is 0 Å². The summed E-state index contributed by atoms with van der Waals surface area (Å²) in [6.07, 6.45) is 5.83. The minimum absolute atomic E-state index is 0.126. The molecule has 36 heavy (non-hydrogen) atoms. The van der Waals surface area contributed by atoms with Crippen molar-refractivity contribution in [2.75, 3.05) is 20.2 Å². The van der Waals surface area contributed by atoms with E-state index >= 15 is 0 Å². The van der Waals surface area contributed by atoms with Crippen molar-refractivity contribution in [3.05, 3.63) is 29.8 Å². The van der Waals surface area contributed by atoms with Crippen LogP contribution in [0.5, 0.6) is 5.75 Å². The highest BCUT2D eigenvalue weighted by molar-refractivity contribution is 5.76. The Morgan fingerprint density at radius 1 is 1.03 bits per heavy atom. The van der Waals surface area contributed by atoms with Crippen LogP contribution in [0.15, 0.2) is 24.3 Å². The van der Waals surface area contributed by atoms with E-state index in [0.29, 0.717) is 24.3 Å². The number of carbonyl (C=O) groups is 1. The van der Waals surface area contributed by atoms with Gasteiger partial charge in [0.2, 0.25) is 0 Å². The Kier molecular flexibility index (Phi) is 13.6. The van der Waals surface area contributed by atoms with Gasteiger partial charge in [-0.25, -0.2) is 0 Å². The highest BCUT2D eigenvalue weighted by atomic mass is 19.4. The Balaban J connectivity index is 1.73. The van der Waals surface area contributed by atoms with Crippen LogP contribution in [0.1, 0.15) is 89.5 Å². The summed E-state index contributed by atoms with van der Waals surface area (Å²) < 4.78 is 48.5. The molecule has 1 fully saturated rings. The van der Waals surface area contributed by atoms with Gasteiger partial charge in [0.15, 0.2) is 0 Å².